The van der Waals surface area contributed by atoms with Gasteiger partial charge in [0.15, 0.2) is 0 Å². The zero-order valence-electron chi connectivity index (χ0n) is 14.7. The molecule has 7 heteroatoms. The Morgan fingerprint density at radius 2 is 1.85 bits per heavy atom. The molecule has 0 atom stereocenters. The molecule has 1 fully saturated rings. The number of anilines is 1. The van der Waals surface area contributed by atoms with E-state index in [-0.39, 0.29) is 6.03 Å². The van der Waals surface area contributed by atoms with Crippen LogP contribution in [0.1, 0.15) is 25.7 Å². The molecule has 0 radical (unpaired) electrons. The number of hydrogen-bond donors (Lipinski definition) is 0. The van der Waals surface area contributed by atoms with Crippen LogP contribution in [0, 0.1) is 0 Å². The van der Waals surface area contributed by atoms with Gasteiger partial charge in [-0.1, -0.05) is 28.8 Å². The SMILES string of the molecule is O=C1N(CCCCCCOc2ccc(Br)cc2)CCN1c1ccncn1. The van der Waals surface area contributed by atoms with Crippen LogP contribution in [-0.4, -0.2) is 47.1 Å². The number of carbonyl (C=O) groups excluding carboxylic acids is 1. The molecule has 2 heterocycles. The maximum Gasteiger partial charge on any atom is 0.325 e. The van der Waals surface area contributed by atoms with E-state index in [2.05, 4.69) is 25.9 Å². The first-order chi connectivity index (χ1) is 12.7. The highest BCUT2D eigenvalue weighted by atomic mass is 79.9. The number of amides is 2. The largest absolute Gasteiger partial charge is 0.494 e. The van der Waals surface area contributed by atoms with E-state index in [4.69, 9.17) is 4.74 Å². The normalized spacial score (nSPS) is 14.1. The van der Waals surface area contributed by atoms with Crippen molar-refractivity contribution in [1.29, 1.82) is 0 Å². The number of unbranched alkanes of at least 4 members (excludes halogenated alkanes) is 3. The number of rotatable bonds is 9. The predicted molar refractivity (Wildman–Crippen MR) is 104 cm³/mol. The van der Waals surface area contributed by atoms with E-state index in [0.717, 1.165) is 55.6 Å². The Balaban J connectivity index is 1.28. The van der Waals surface area contributed by atoms with Crippen LogP contribution in [-0.2, 0) is 0 Å². The summed E-state index contributed by atoms with van der Waals surface area (Å²) in [6.07, 6.45) is 7.38. The van der Waals surface area contributed by atoms with Gasteiger partial charge in [-0.25, -0.2) is 14.8 Å². The van der Waals surface area contributed by atoms with Crippen LogP contribution >= 0.6 is 15.9 Å². The van der Waals surface area contributed by atoms with Crippen molar-refractivity contribution in [3.05, 3.63) is 47.3 Å². The topological polar surface area (TPSA) is 58.6 Å². The zero-order chi connectivity index (χ0) is 18.2. The fraction of sp³-hybridized carbons (Fsp3) is 0.421. The first kappa shape index (κ1) is 18.6. The third kappa shape index (κ3) is 5.17. The summed E-state index contributed by atoms with van der Waals surface area (Å²) < 4.78 is 6.77. The predicted octanol–water partition coefficient (Wildman–Crippen LogP) is 4.12. The summed E-state index contributed by atoms with van der Waals surface area (Å²) in [4.78, 5) is 24.1. The first-order valence-electron chi connectivity index (χ1n) is 8.95. The van der Waals surface area contributed by atoms with E-state index in [0.29, 0.717) is 12.4 Å². The molecule has 1 aromatic heterocycles. The summed E-state index contributed by atoms with van der Waals surface area (Å²) in [5.74, 6) is 1.58. The molecule has 0 N–H and O–H groups in total. The smallest absolute Gasteiger partial charge is 0.325 e. The quantitative estimate of drug-likeness (QED) is 0.574. The highest BCUT2D eigenvalue weighted by molar-refractivity contribution is 9.10. The molecular weight excluding hydrogens is 396 g/mol. The maximum atomic E-state index is 12.4. The van der Waals surface area contributed by atoms with Gasteiger partial charge >= 0.3 is 6.03 Å². The number of nitrogens with zero attached hydrogens (tertiary/aromatic N) is 4. The summed E-state index contributed by atoms with van der Waals surface area (Å²) in [5.41, 5.74) is 0. The van der Waals surface area contributed by atoms with E-state index in [1.165, 1.54) is 6.33 Å². The van der Waals surface area contributed by atoms with Crippen LogP contribution < -0.4 is 9.64 Å². The third-order valence-electron chi connectivity index (χ3n) is 4.34. The van der Waals surface area contributed by atoms with Crippen molar-refractivity contribution in [2.75, 3.05) is 31.1 Å². The summed E-state index contributed by atoms with van der Waals surface area (Å²) in [7, 11) is 0. The summed E-state index contributed by atoms with van der Waals surface area (Å²) in [5, 5.41) is 0. The Morgan fingerprint density at radius 1 is 1.04 bits per heavy atom. The number of urea groups is 1. The van der Waals surface area contributed by atoms with Crippen LogP contribution in [0.4, 0.5) is 10.6 Å². The van der Waals surface area contributed by atoms with Crippen molar-refractivity contribution in [2.24, 2.45) is 0 Å². The van der Waals surface area contributed by atoms with E-state index >= 15 is 0 Å². The average molecular weight is 419 g/mol. The lowest BCUT2D eigenvalue weighted by Crippen LogP contribution is -2.32. The van der Waals surface area contributed by atoms with Gasteiger partial charge in [0, 0.05) is 30.3 Å². The maximum absolute atomic E-state index is 12.4. The summed E-state index contributed by atoms with van der Waals surface area (Å²) in [6.45, 7) is 2.98. The van der Waals surface area contributed by atoms with Crippen LogP contribution in [0.15, 0.2) is 47.3 Å². The van der Waals surface area contributed by atoms with Crippen LogP contribution in [0.3, 0.4) is 0 Å². The lowest BCUT2D eigenvalue weighted by Gasteiger charge is -2.17. The van der Waals surface area contributed by atoms with Crippen molar-refractivity contribution in [3.63, 3.8) is 0 Å². The molecule has 0 unspecified atom stereocenters. The Hall–Kier alpha value is -2.15. The molecule has 6 nitrogen and oxygen atoms in total. The number of halogens is 1. The Labute approximate surface area is 162 Å². The molecule has 0 spiro atoms. The van der Waals surface area contributed by atoms with E-state index in [1.54, 1.807) is 17.2 Å². The van der Waals surface area contributed by atoms with Crippen molar-refractivity contribution in [1.82, 2.24) is 14.9 Å². The molecule has 138 valence electrons. The lowest BCUT2D eigenvalue weighted by molar-refractivity contribution is 0.219. The van der Waals surface area contributed by atoms with Crippen molar-refractivity contribution >= 4 is 27.8 Å². The molecular formula is C19H23BrN4O2. The number of ether oxygens (including phenoxy) is 1. The number of carbonyl (C=O) groups is 1. The van der Waals surface area contributed by atoms with Crippen molar-refractivity contribution in [2.45, 2.75) is 25.7 Å². The fourth-order valence-electron chi connectivity index (χ4n) is 2.93. The Morgan fingerprint density at radius 3 is 2.62 bits per heavy atom. The van der Waals surface area contributed by atoms with E-state index in [1.807, 2.05) is 29.2 Å². The number of benzene rings is 1. The van der Waals surface area contributed by atoms with Gasteiger partial charge in [0.05, 0.1) is 6.61 Å². The molecule has 3 rings (SSSR count). The molecule has 2 amide bonds. The fourth-order valence-corrected chi connectivity index (χ4v) is 3.19. The van der Waals surface area contributed by atoms with E-state index < -0.39 is 0 Å². The standard InChI is InChI=1S/C19H23BrN4O2/c20-16-5-7-17(8-6-16)26-14-4-2-1-3-11-23-12-13-24(19(23)25)18-9-10-21-15-22-18/h5-10,15H,1-4,11-14H2. The number of hydrogen-bond acceptors (Lipinski definition) is 4. The van der Waals surface area contributed by atoms with Gasteiger partial charge in [0.25, 0.3) is 0 Å². The average Bonchev–Trinajstić information content (AvgIpc) is 3.04. The lowest BCUT2D eigenvalue weighted by atomic mass is 10.2. The van der Waals surface area contributed by atoms with Crippen LogP contribution in [0.5, 0.6) is 5.75 Å². The summed E-state index contributed by atoms with van der Waals surface area (Å²) in [6, 6.07) is 9.70. The van der Waals surface area contributed by atoms with Gasteiger partial charge in [-0.2, -0.15) is 0 Å². The molecule has 1 aliphatic rings. The first-order valence-corrected chi connectivity index (χ1v) is 9.74. The highest BCUT2D eigenvalue weighted by Crippen LogP contribution is 2.18. The minimum atomic E-state index is 0.0438. The van der Waals surface area contributed by atoms with Gasteiger partial charge in [-0.05, 0) is 43.2 Å². The molecule has 0 bridgehead atoms. The molecule has 1 aliphatic heterocycles. The minimum absolute atomic E-state index is 0.0438. The van der Waals surface area contributed by atoms with Crippen LogP contribution in [0.25, 0.3) is 0 Å². The van der Waals surface area contributed by atoms with Gasteiger partial charge in [-0.15, -0.1) is 0 Å². The molecule has 0 aliphatic carbocycles. The van der Waals surface area contributed by atoms with Gasteiger partial charge in [0.1, 0.15) is 17.9 Å². The van der Waals surface area contributed by atoms with Crippen molar-refractivity contribution < 1.29 is 9.53 Å². The van der Waals surface area contributed by atoms with Crippen LogP contribution in [0.2, 0.25) is 0 Å². The molecule has 26 heavy (non-hydrogen) atoms. The Bertz CT molecular complexity index is 696. The molecule has 1 aromatic carbocycles. The second kappa shape index (κ2) is 9.52. The van der Waals surface area contributed by atoms with Gasteiger partial charge in [0.2, 0.25) is 0 Å². The second-order valence-electron chi connectivity index (χ2n) is 6.21. The Kier molecular flexibility index (Phi) is 6.82. The third-order valence-corrected chi connectivity index (χ3v) is 4.87. The van der Waals surface area contributed by atoms with Crippen molar-refractivity contribution in [3.8, 4) is 5.75 Å². The monoisotopic (exact) mass is 418 g/mol. The van der Waals surface area contributed by atoms with E-state index in [9.17, 15) is 4.79 Å². The summed E-state index contributed by atoms with van der Waals surface area (Å²) >= 11 is 3.41. The second-order valence-corrected chi connectivity index (χ2v) is 7.12. The highest BCUT2D eigenvalue weighted by Gasteiger charge is 2.29. The molecule has 2 aromatic rings. The zero-order valence-corrected chi connectivity index (χ0v) is 16.3. The molecule has 0 saturated carbocycles. The van der Waals surface area contributed by atoms with Gasteiger partial charge < -0.3 is 9.64 Å². The number of aromatic nitrogens is 2. The molecule has 1 saturated heterocycles. The minimum Gasteiger partial charge on any atom is -0.494 e. The van der Waals surface area contributed by atoms with Gasteiger partial charge in [-0.3, -0.25) is 4.90 Å².